The molecule has 0 spiro atoms. The van der Waals surface area contributed by atoms with Crippen molar-refractivity contribution < 1.29 is 0 Å². The molecule has 3 aromatic heterocycles. The third-order valence-corrected chi connectivity index (χ3v) is 8.56. The van der Waals surface area contributed by atoms with Gasteiger partial charge in [-0.3, -0.25) is 4.57 Å². The number of hydrogen-bond donors (Lipinski definition) is 0. The van der Waals surface area contributed by atoms with E-state index in [1.807, 2.05) is 6.20 Å². The van der Waals surface area contributed by atoms with Gasteiger partial charge in [-0.1, -0.05) is 109 Å². The van der Waals surface area contributed by atoms with Crippen molar-refractivity contribution in [1.29, 1.82) is 0 Å². The first-order valence-electron chi connectivity index (χ1n) is 14.3. The maximum absolute atomic E-state index is 4.93. The van der Waals surface area contributed by atoms with E-state index in [2.05, 4.69) is 155 Å². The highest BCUT2D eigenvalue weighted by Crippen LogP contribution is 2.42. The average molecular weight is 536 g/mol. The van der Waals surface area contributed by atoms with Gasteiger partial charge < -0.3 is 4.57 Å². The van der Waals surface area contributed by atoms with Gasteiger partial charge in [-0.15, -0.1) is 0 Å². The molecule has 0 saturated heterocycles. The van der Waals surface area contributed by atoms with Crippen LogP contribution in [0.2, 0.25) is 0 Å². The predicted octanol–water partition coefficient (Wildman–Crippen LogP) is 10.1. The summed E-state index contributed by atoms with van der Waals surface area (Å²) in [5, 5.41) is 7.41. The van der Waals surface area contributed by atoms with E-state index in [0.29, 0.717) is 0 Å². The van der Waals surface area contributed by atoms with Crippen LogP contribution in [0.25, 0.3) is 77.0 Å². The summed E-state index contributed by atoms with van der Waals surface area (Å²) >= 11 is 0. The first kappa shape index (κ1) is 23.1. The van der Waals surface area contributed by atoms with Crippen molar-refractivity contribution in [2.75, 3.05) is 0 Å². The second kappa shape index (κ2) is 8.92. The van der Waals surface area contributed by atoms with Crippen LogP contribution in [0.15, 0.2) is 152 Å². The number of fused-ring (bicyclic) bond motifs is 9. The Balaban J connectivity index is 1.44. The molecule has 9 aromatic rings. The summed E-state index contributed by atoms with van der Waals surface area (Å²) in [6, 6.07) is 52.1. The Kier molecular flexibility index (Phi) is 4.90. The van der Waals surface area contributed by atoms with E-state index in [9.17, 15) is 0 Å². The van der Waals surface area contributed by atoms with Crippen molar-refractivity contribution in [2.24, 2.45) is 0 Å². The molecule has 0 unspecified atom stereocenters. The third-order valence-electron chi connectivity index (χ3n) is 8.56. The fourth-order valence-corrected chi connectivity index (χ4v) is 6.76. The van der Waals surface area contributed by atoms with Gasteiger partial charge in [-0.25, -0.2) is 4.98 Å². The Labute approximate surface area is 242 Å². The lowest BCUT2D eigenvalue weighted by molar-refractivity contribution is 1.08. The highest BCUT2D eigenvalue weighted by atomic mass is 15.1. The molecule has 0 aliphatic carbocycles. The SMILES string of the molecule is c1ccc(-c2ccnc(-n3c4ccccc4c4ccc5c(ccc6c7ccccc7n(-c7ccccc7)c65)c43)c2)cc1. The van der Waals surface area contributed by atoms with E-state index < -0.39 is 0 Å². The average Bonchev–Trinajstić information content (AvgIpc) is 3.59. The summed E-state index contributed by atoms with van der Waals surface area (Å²) in [4.78, 5) is 4.93. The van der Waals surface area contributed by atoms with E-state index in [-0.39, 0.29) is 0 Å². The fourth-order valence-electron chi connectivity index (χ4n) is 6.76. The smallest absolute Gasteiger partial charge is 0.138 e. The van der Waals surface area contributed by atoms with Gasteiger partial charge in [0.25, 0.3) is 0 Å². The molecule has 3 heteroatoms. The van der Waals surface area contributed by atoms with Crippen molar-refractivity contribution in [3.8, 4) is 22.6 Å². The number of hydrogen-bond acceptors (Lipinski definition) is 1. The van der Waals surface area contributed by atoms with Crippen molar-refractivity contribution >= 4 is 54.4 Å². The number of benzene rings is 6. The van der Waals surface area contributed by atoms with Gasteiger partial charge in [0, 0.05) is 44.2 Å². The summed E-state index contributed by atoms with van der Waals surface area (Å²) in [6.07, 6.45) is 1.93. The zero-order chi connectivity index (χ0) is 27.6. The summed E-state index contributed by atoms with van der Waals surface area (Å²) in [5.41, 5.74) is 8.27. The Hall–Kier alpha value is -5.67. The number of rotatable bonds is 3. The molecule has 0 saturated carbocycles. The predicted molar refractivity (Wildman–Crippen MR) is 176 cm³/mol. The largest absolute Gasteiger partial charge is 0.309 e. The van der Waals surface area contributed by atoms with Gasteiger partial charge in [0.05, 0.1) is 22.1 Å². The molecule has 0 N–H and O–H groups in total. The maximum atomic E-state index is 4.93. The molecule has 0 fully saturated rings. The summed E-state index contributed by atoms with van der Waals surface area (Å²) in [5.74, 6) is 0.916. The highest BCUT2D eigenvalue weighted by molar-refractivity contribution is 6.26. The zero-order valence-corrected chi connectivity index (χ0v) is 22.8. The van der Waals surface area contributed by atoms with E-state index >= 15 is 0 Å². The number of nitrogens with zero attached hydrogens (tertiary/aromatic N) is 3. The Bertz CT molecular complexity index is 2450. The molecule has 0 radical (unpaired) electrons. The molecule has 0 aliphatic heterocycles. The third kappa shape index (κ3) is 3.25. The van der Waals surface area contributed by atoms with Gasteiger partial charge in [-0.2, -0.15) is 0 Å². The van der Waals surface area contributed by atoms with Gasteiger partial charge in [0.1, 0.15) is 5.82 Å². The van der Waals surface area contributed by atoms with Crippen LogP contribution >= 0.6 is 0 Å². The summed E-state index contributed by atoms with van der Waals surface area (Å²) in [7, 11) is 0. The van der Waals surface area contributed by atoms with Gasteiger partial charge in [-0.05, 0) is 47.5 Å². The topological polar surface area (TPSA) is 22.8 Å². The molecule has 6 aromatic carbocycles. The number of pyridine rings is 1. The lowest BCUT2D eigenvalue weighted by Gasteiger charge is -2.13. The fraction of sp³-hybridized carbons (Fsp3) is 0. The van der Waals surface area contributed by atoms with Crippen LogP contribution in [0.3, 0.4) is 0 Å². The van der Waals surface area contributed by atoms with Crippen LogP contribution in [0, 0.1) is 0 Å². The lowest BCUT2D eigenvalue weighted by atomic mass is 10.0. The van der Waals surface area contributed by atoms with Crippen LogP contribution in [-0.2, 0) is 0 Å². The molecular weight excluding hydrogens is 510 g/mol. The number of aromatic nitrogens is 3. The molecule has 9 rings (SSSR count). The molecule has 3 nitrogen and oxygen atoms in total. The summed E-state index contributed by atoms with van der Waals surface area (Å²) < 4.78 is 4.76. The molecule has 0 bridgehead atoms. The van der Waals surface area contributed by atoms with Gasteiger partial charge in [0.2, 0.25) is 0 Å². The first-order valence-corrected chi connectivity index (χ1v) is 14.3. The van der Waals surface area contributed by atoms with Gasteiger partial charge in [0.15, 0.2) is 0 Å². The molecular formula is C39H25N3. The number of para-hydroxylation sites is 3. The zero-order valence-electron chi connectivity index (χ0n) is 22.8. The van der Waals surface area contributed by atoms with Crippen LogP contribution in [0.5, 0.6) is 0 Å². The van der Waals surface area contributed by atoms with Crippen LogP contribution < -0.4 is 0 Å². The first-order chi connectivity index (χ1) is 20.9. The minimum Gasteiger partial charge on any atom is -0.309 e. The van der Waals surface area contributed by atoms with Gasteiger partial charge >= 0.3 is 0 Å². The Morgan fingerprint density at radius 1 is 0.381 bits per heavy atom. The Morgan fingerprint density at radius 2 is 0.881 bits per heavy atom. The van der Waals surface area contributed by atoms with Crippen molar-refractivity contribution in [3.63, 3.8) is 0 Å². The van der Waals surface area contributed by atoms with E-state index in [1.54, 1.807) is 0 Å². The van der Waals surface area contributed by atoms with Crippen LogP contribution in [0.4, 0.5) is 0 Å². The minimum absolute atomic E-state index is 0.916. The normalized spacial score (nSPS) is 11.8. The quantitative estimate of drug-likeness (QED) is 0.221. The minimum atomic E-state index is 0.916. The molecule has 42 heavy (non-hydrogen) atoms. The van der Waals surface area contributed by atoms with Crippen molar-refractivity contribution in [2.45, 2.75) is 0 Å². The lowest BCUT2D eigenvalue weighted by Crippen LogP contribution is -1.98. The van der Waals surface area contributed by atoms with Crippen LogP contribution in [-0.4, -0.2) is 14.1 Å². The maximum Gasteiger partial charge on any atom is 0.138 e. The van der Waals surface area contributed by atoms with Crippen molar-refractivity contribution in [1.82, 2.24) is 14.1 Å². The Morgan fingerprint density at radius 3 is 1.52 bits per heavy atom. The standard InChI is InChI=1S/C39H25N3/c1-3-11-26(12-4-1)27-23-24-40-37(25-27)42-36-18-10-8-16-30(36)32-20-21-33-34(39(32)42)22-19-31-29-15-7-9-17-35(29)41(38(31)33)28-13-5-2-6-14-28/h1-25H. The molecule has 0 atom stereocenters. The molecule has 0 amide bonds. The highest BCUT2D eigenvalue weighted by Gasteiger charge is 2.20. The summed E-state index contributed by atoms with van der Waals surface area (Å²) in [6.45, 7) is 0. The second-order valence-corrected chi connectivity index (χ2v) is 10.8. The monoisotopic (exact) mass is 535 g/mol. The van der Waals surface area contributed by atoms with Crippen molar-refractivity contribution in [3.05, 3.63) is 152 Å². The van der Waals surface area contributed by atoms with E-state index in [1.165, 1.54) is 54.4 Å². The van der Waals surface area contributed by atoms with Crippen LogP contribution in [0.1, 0.15) is 0 Å². The molecule has 3 heterocycles. The molecule has 196 valence electrons. The van der Waals surface area contributed by atoms with E-state index in [0.717, 1.165) is 22.6 Å². The second-order valence-electron chi connectivity index (χ2n) is 10.8. The molecule has 0 aliphatic rings. The van der Waals surface area contributed by atoms with E-state index in [4.69, 9.17) is 4.98 Å².